The van der Waals surface area contributed by atoms with Crippen LogP contribution in [0.15, 0.2) is 55.1 Å². The number of halogens is 1. The highest BCUT2D eigenvalue weighted by Gasteiger charge is 2.09. The SMILES string of the molecule is C[C@H](Nc1ncccn1)c1cnn(-c2ccc(Cl)cc2)c1. The summed E-state index contributed by atoms with van der Waals surface area (Å²) in [6, 6.07) is 9.40. The topological polar surface area (TPSA) is 55.6 Å². The van der Waals surface area contributed by atoms with Gasteiger partial charge in [0.05, 0.1) is 17.9 Å². The molecule has 5 nitrogen and oxygen atoms in total. The number of hydrogen-bond acceptors (Lipinski definition) is 4. The Kier molecular flexibility index (Phi) is 3.83. The molecule has 0 radical (unpaired) electrons. The molecule has 0 saturated heterocycles. The Hall–Kier alpha value is -2.40. The fourth-order valence-electron chi connectivity index (χ4n) is 1.95. The molecular formula is C15H14ClN5. The Morgan fingerprint density at radius 1 is 1.14 bits per heavy atom. The molecule has 2 heterocycles. The van der Waals surface area contributed by atoms with Gasteiger partial charge in [-0.1, -0.05) is 11.6 Å². The van der Waals surface area contributed by atoms with Crippen molar-refractivity contribution in [2.45, 2.75) is 13.0 Å². The second kappa shape index (κ2) is 5.93. The van der Waals surface area contributed by atoms with Crippen molar-refractivity contribution < 1.29 is 0 Å². The molecule has 0 unspecified atom stereocenters. The molecule has 3 aromatic rings. The van der Waals surface area contributed by atoms with E-state index in [0.717, 1.165) is 11.3 Å². The van der Waals surface area contributed by atoms with Crippen LogP contribution in [0.1, 0.15) is 18.5 Å². The summed E-state index contributed by atoms with van der Waals surface area (Å²) in [6.45, 7) is 2.04. The monoisotopic (exact) mass is 299 g/mol. The zero-order valence-corrected chi connectivity index (χ0v) is 12.2. The number of rotatable bonds is 4. The summed E-state index contributed by atoms with van der Waals surface area (Å²) in [7, 11) is 0. The van der Waals surface area contributed by atoms with Crippen LogP contribution in [0.4, 0.5) is 5.95 Å². The average Bonchev–Trinajstić information content (AvgIpc) is 2.99. The minimum atomic E-state index is 0.0634. The van der Waals surface area contributed by atoms with Crippen molar-refractivity contribution in [1.29, 1.82) is 0 Å². The van der Waals surface area contributed by atoms with Gasteiger partial charge in [-0.15, -0.1) is 0 Å². The molecule has 0 saturated carbocycles. The number of nitrogens with zero attached hydrogens (tertiary/aromatic N) is 4. The van der Waals surface area contributed by atoms with Gasteiger partial charge in [0.2, 0.25) is 5.95 Å². The summed E-state index contributed by atoms with van der Waals surface area (Å²) < 4.78 is 1.82. The van der Waals surface area contributed by atoms with Gasteiger partial charge in [0.1, 0.15) is 0 Å². The van der Waals surface area contributed by atoms with Gasteiger partial charge in [-0.3, -0.25) is 0 Å². The fraction of sp³-hybridized carbons (Fsp3) is 0.133. The highest BCUT2D eigenvalue weighted by Crippen LogP contribution is 2.18. The fourth-order valence-corrected chi connectivity index (χ4v) is 2.07. The van der Waals surface area contributed by atoms with E-state index in [1.807, 2.05) is 48.3 Å². The summed E-state index contributed by atoms with van der Waals surface area (Å²) in [5.41, 5.74) is 2.02. The Morgan fingerprint density at radius 2 is 1.86 bits per heavy atom. The molecule has 6 heteroatoms. The molecule has 2 aromatic heterocycles. The minimum Gasteiger partial charge on any atom is -0.348 e. The normalized spacial score (nSPS) is 12.1. The van der Waals surface area contributed by atoms with E-state index in [2.05, 4.69) is 20.4 Å². The van der Waals surface area contributed by atoms with Gasteiger partial charge < -0.3 is 5.32 Å². The maximum absolute atomic E-state index is 5.89. The van der Waals surface area contributed by atoms with Gasteiger partial charge in [0.15, 0.2) is 0 Å². The molecular weight excluding hydrogens is 286 g/mol. The van der Waals surface area contributed by atoms with Crippen LogP contribution in [0.5, 0.6) is 0 Å². The van der Waals surface area contributed by atoms with Gasteiger partial charge in [-0.25, -0.2) is 14.6 Å². The molecule has 0 amide bonds. The number of hydrogen-bond donors (Lipinski definition) is 1. The standard InChI is InChI=1S/C15H14ClN5/c1-11(20-15-17-7-2-8-18-15)12-9-19-21(10-12)14-5-3-13(16)4-6-14/h2-11H,1H3,(H,17,18,20)/t11-/m0/s1. The Labute approximate surface area is 127 Å². The van der Waals surface area contributed by atoms with Gasteiger partial charge in [0, 0.05) is 29.2 Å². The molecule has 3 rings (SSSR count). The van der Waals surface area contributed by atoms with Gasteiger partial charge in [-0.2, -0.15) is 5.10 Å². The lowest BCUT2D eigenvalue weighted by Crippen LogP contribution is -2.08. The van der Waals surface area contributed by atoms with Crippen LogP contribution < -0.4 is 5.32 Å². The summed E-state index contributed by atoms with van der Waals surface area (Å²) in [5.74, 6) is 0.601. The minimum absolute atomic E-state index is 0.0634. The van der Waals surface area contributed by atoms with Crippen molar-refractivity contribution in [3.63, 3.8) is 0 Å². The lowest BCUT2D eigenvalue weighted by atomic mass is 10.2. The number of anilines is 1. The van der Waals surface area contributed by atoms with E-state index in [0.29, 0.717) is 11.0 Å². The molecule has 0 aliphatic heterocycles. The zero-order chi connectivity index (χ0) is 14.7. The predicted octanol–water partition coefficient (Wildman–Crippen LogP) is 3.49. The van der Waals surface area contributed by atoms with Crippen LogP contribution in [-0.4, -0.2) is 19.7 Å². The van der Waals surface area contributed by atoms with E-state index in [4.69, 9.17) is 11.6 Å². The summed E-state index contributed by atoms with van der Waals surface area (Å²) >= 11 is 5.89. The molecule has 0 bridgehead atoms. The van der Waals surface area contributed by atoms with Crippen molar-refractivity contribution >= 4 is 17.5 Å². The smallest absolute Gasteiger partial charge is 0.223 e. The van der Waals surface area contributed by atoms with Crippen molar-refractivity contribution in [3.05, 3.63) is 65.7 Å². The highest BCUT2D eigenvalue weighted by atomic mass is 35.5. The predicted molar refractivity (Wildman–Crippen MR) is 82.6 cm³/mol. The third-order valence-corrected chi connectivity index (χ3v) is 3.36. The molecule has 21 heavy (non-hydrogen) atoms. The summed E-state index contributed by atoms with van der Waals surface area (Å²) in [6.07, 6.45) is 7.22. The van der Waals surface area contributed by atoms with Crippen molar-refractivity contribution in [2.75, 3.05) is 5.32 Å². The molecule has 106 valence electrons. The van der Waals surface area contributed by atoms with Gasteiger partial charge >= 0.3 is 0 Å². The van der Waals surface area contributed by atoms with E-state index in [-0.39, 0.29) is 6.04 Å². The van der Waals surface area contributed by atoms with E-state index in [1.54, 1.807) is 18.5 Å². The Balaban J connectivity index is 1.76. The molecule has 1 aromatic carbocycles. The van der Waals surface area contributed by atoms with Crippen LogP contribution in [0.25, 0.3) is 5.69 Å². The Bertz CT molecular complexity index is 708. The molecule has 1 atom stereocenters. The molecule has 0 aliphatic carbocycles. The molecule has 0 spiro atoms. The van der Waals surface area contributed by atoms with Crippen LogP contribution in [-0.2, 0) is 0 Å². The second-order valence-corrected chi connectivity index (χ2v) is 5.07. The average molecular weight is 300 g/mol. The van der Waals surface area contributed by atoms with Crippen LogP contribution in [0.3, 0.4) is 0 Å². The first-order chi connectivity index (χ1) is 10.2. The lowest BCUT2D eigenvalue weighted by molar-refractivity contribution is 0.854. The second-order valence-electron chi connectivity index (χ2n) is 4.63. The first-order valence-corrected chi connectivity index (χ1v) is 6.94. The lowest BCUT2D eigenvalue weighted by Gasteiger charge is -2.11. The van der Waals surface area contributed by atoms with Crippen molar-refractivity contribution in [2.24, 2.45) is 0 Å². The first-order valence-electron chi connectivity index (χ1n) is 6.56. The van der Waals surface area contributed by atoms with Crippen LogP contribution in [0.2, 0.25) is 5.02 Å². The summed E-state index contributed by atoms with van der Waals surface area (Å²) in [5, 5.41) is 8.32. The van der Waals surface area contributed by atoms with Crippen LogP contribution in [0, 0.1) is 0 Å². The number of benzene rings is 1. The van der Waals surface area contributed by atoms with E-state index in [1.165, 1.54) is 0 Å². The third-order valence-electron chi connectivity index (χ3n) is 3.11. The number of nitrogens with one attached hydrogen (secondary N) is 1. The van der Waals surface area contributed by atoms with E-state index >= 15 is 0 Å². The van der Waals surface area contributed by atoms with Crippen molar-refractivity contribution in [3.8, 4) is 5.69 Å². The highest BCUT2D eigenvalue weighted by molar-refractivity contribution is 6.30. The quantitative estimate of drug-likeness (QED) is 0.801. The van der Waals surface area contributed by atoms with Crippen LogP contribution >= 0.6 is 11.6 Å². The third kappa shape index (κ3) is 3.20. The summed E-state index contributed by atoms with van der Waals surface area (Å²) in [4.78, 5) is 8.31. The Morgan fingerprint density at radius 3 is 2.57 bits per heavy atom. The van der Waals surface area contributed by atoms with E-state index < -0.39 is 0 Å². The molecule has 0 aliphatic rings. The van der Waals surface area contributed by atoms with Gasteiger partial charge in [-0.05, 0) is 37.3 Å². The molecule has 0 fully saturated rings. The zero-order valence-electron chi connectivity index (χ0n) is 11.4. The largest absolute Gasteiger partial charge is 0.348 e. The molecule has 1 N–H and O–H groups in total. The maximum atomic E-state index is 5.89. The maximum Gasteiger partial charge on any atom is 0.223 e. The number of aromatic nitrogens is 4. The van der Waals surface area contributed by atoms with E-state index in [9.17, 15) is 0 Å². The first kappa shape index (κ1) is 13.6. The van der Waals surface area contributed by atoms with Gasteiger partial charge in [0.25, 0.3) is 0 Å². The van der Waals surface area contributed by atoms with Crippen molar-refractivity contribution in [1.82, 2.24) is 19.7 Å².